The van der Waals surface area contributed by atoms with Crippen molar-refractivity contribution in [2.45, 2.75) is 0 Å². The molecule has 1 aliphatic heterocycles. The van der Waals surface area contributed by atoms with Crippen LogP contribution >= 0.6 is 0 Å². The van der Waals surface area contributed by atoms with E-state index in [1.54, 1.807) is 24.4 Å². The minimum atomic E-state index is -0.389. The topological polar surface area (TPSA) is 84.9 Å². The summed E-state index contributed by atoms with van der Waals surface area (Å²) in [5, 5.41) is 18.6. The molecule has 1 N–H and O–H groups in total. The SMILES string of the molecule is O=[N+]([O-])c1c(NCCN2CCOCC2)nn2ccccc12. The molecule has 0 unspecified atom stereocenters. The maximum atomic E-state index is 11.2. The zero-order valence-corrected chi connectivity index (χ0v) is 11.6. The highest BCUT2D eigenvalue weighted by Crippen LogP contribution is 2.28. The lowest BCUT2D eigenvalue weighted by Gasteiger charge is -2.26. The molecular weight excluding hydrogens is 274 g/mol. The molecule has 0 saturated carbocycles. The molecule has 0 aliphatic carbocycles. The van der Waals surface area contributed by atoms with Crippen LogP contribution < -0.4 is 5.32 Å². The third-order valence-electron chi connectivity index (χ3n) is 3.52. The van der Waals surface area contributed by atoms with Crippen molar-refractivity contribution in [3.8, 4) is 0 Å². The lowest BCUT2D eigenvalue weighted by atomic mass is 10.3. The number of nitrogens with zero attached hydrogens (tertiary/aromatic N) is 4. The molecule has 1 saturated heterocycles. The van der Waals surface area contributed by atoms with Crippen LogP contribution in [0.4, 0.5) is 11.5 Å². The number of pyridine rings is 1. The third kappa shape index (κ3) is 2.96. The quantitative estimate of drug-likeness (QED) is 0.653. The number of hydrogen-bond acceptors (Lipinski definition) is 6. The Morgan fingerprint density at radius 3 is 2.95 bits per heavy atom. The van der Waals surface area contributed by atoms with Gasteiger partial charge in [0.15, 0.2) is 0 Å². The minimum Gasteiger partial charge on any atom is -0.379 e. The van der Waals surface area contributed by atoms with Crippen molar-refractivity contribution in [1.29, 1.82) is 0 Å². The van der Waals surface area contributed by atoms with Gasteiger partial charge >= 0.3 is 5.69 Å². The normalized spacial score (nSPS) is 16.2. The summed E-state index contributed by atoms with van der Waals surface area (Å²) in [5.74, 6) is 0.319. The zero-order valence-electron chi connectivity index (χ0n) is 11.6. The van der Waals surface area contributed by atoms with E-state index in [-0.39, 0.29) is 10.6 Å². The Labute approximate surface area is 121 Å². The summed E-state index contributed by atoms with van der Waals surface area (Å²) in [5.41, 5.74) is 0.522. The highest BCUT2D eigenvalue weighted by Gasteiger charge is 2.22. The molecule has 1 aliphatic rings. The highest BCUT2D eigenvalue weighted by molar-refractivity contribution is 5.76. The molecule has 8 nitrogen and oxygen atoms in total. The van der Waals surface area contributed by atoms with Crippen LogP contribution in [0.5, 0.6) is 0 Å². The van der Waals surface area contributed by atoms with E-state index in [4.69, 9.17) is 4.74 Å². The number of fused-ring (bicyclic) bond motifs is 1. The molecule has 1 fully saturated rings. The Hall–Kier alpha value is -2.19. The first-order valence-corrected chi connectivity index (χ1v) is 6.91. The van der Waals surface area contributed by atoms with Gasteiger partial charge in [0.05, 0.1) is 18.1 Å². The molecule has 0 radical (unpaired) electrons. The number of rotatable bonds is 5. The van der Waals surface area contributed by atoms with Crippen LogP contribution in [0.2, 0.25) is 0 Å². The molecule has 0 amide bonds. The molecule has 2 aromatic heterocycles. The molecule has 3 heterocycles. The van der Waals surface area contributed by atoms with Crippen LogP contribution in [-0.2, 0) is 4.74 Å². The van der Waals surface area contributed by atoms with E-state index in [0.717, 1.165) is 32.8 Å². The van der Waals surface area contributed by atoms with E-state index >= 15 is 0 Å². The van der Waals surface area contributed by atoms with E-state index in [2.05, 4.69) is 15.3 Å². The average Bonchev–Trinajstić information content (AvgIpc) is 2.86. The van der Waals surface area contributed by atoms with Crippen molar-refractivity contribution in [3.63, 3.8) is 0 Å². The summed E-state index contributed by atoms with van der Waals surface area (Å²) < 4.78 is 6.81. The van der Waals surface area contributed by atoms with Crippen LogP contribution in [-0.4, -0.2) is 58.8 Å². The monoisotopic (exact) mass is 291 g/mol. The third-order valence-corrected chi connectivity index (χ3v) is 3.52. The predicted molar refractivity (Wildman–Crippen MR) is 77.6 cm³/mol. The van der Waals surface area contributed by atoms with Gasteiger partial charge in [-0.15, -0.1) is 5.10 Å². The van der Waals surface area contributed by atoms with Gasteiger partial charge in [0.25, 0.3) is 0 Å². The number of hydrogen-bond donors (Lipinski definition) is 1. The van der Waals surface area contributed by atoms with Gasteiger partial charge in [-0.2, -0.15) is 0 Å². The first-order chi connectivity index (χ1) is 10.3. The molecule has 21 heavy (non-hydrogen) atoms. The second kappa shape index (κ2) is 6.06. The molecule has 112 valence electrons. The lowest BCUT2D eigenvalue weighted by molar-refractivity contribution is -0.382. The summed E-state index contributed by atoms with van der Waals surface area (Å²) in [6.07, 6.45) is 1.70. The molecule has 0 spiro atoms. The summed E-state index contributed by atoms with van der Waals surface area (Å²) in [4.78, 5) is 13.1. The number of nitrogens with one attached hydrogen (secondary N) is 1. The summed E-state index contributed by atoms with van der Waals surface area (Å²) in [7, 11) is 0. The molecule has 0 atom stereocenters. The van der Waals surface area contributed by atoms with E-state index < -0.39 is 0 Å². The van der Waals surface area contributed by atoms with E-state index in [0.29, 0.717) is 17.9 Å². The van der Waals surface area contributed by atoms with E-state index in [1.165, 1.54) is 4.52 Å². The second-order valence-electron chi connectivity index (χ2n) is 4.87. The van der Waals surface area contributed by atoms with Crippen LogP contribution in [0.15, 0.2) is 24.4 Å². The first kappa shape index (κ1) is 13.8. The molecule has 0 bridgehead atoms. The molecule has 8 heteroatoms. The molecular formula is C13H17N5O3. The summed E-state index contributed by atoms with van der Waals surface area (Å²) in [6.45, 7) is 4.71. The fraction of sp³-hybridized carbons (Fsp3) is 0.462. The largest absolute Gasteiger partial charge is 0.379 e. The first-order valence-electron chi connectivity index (χ1n) is 6.91. The lowest BCUT2D eigenvalue weighted by Crippen LogP contribution is -2.39. The van der Waals surface area contributed by atoms with Crippen LogP contribution in [0.3, 0.4) is 0 Å². The molecule has 2 aromatic rings. The van der Waals surface area contributed by atoms with Crippen molar-refractivity contribution >= 4 is 17.0 Å². The maximum Gasteiger partial charge on any atom is 0.338 e. The Morgan fingerprint density at radius 1 is 1.38 bits per heavy atom. The van der Waals surface area contributed by atoms with Crippen LogP contribution in [0.25, 0.3) is 5.52 Å². The number of anilines is 1. The smallest absolute Gasteiger partial charge is 0.338 e. The summed E-state index contributed by atoms with van der Waals surface area (Å²) >= 11 is 0. The van der Waals surface area contributed by atoms with Gasteiger partial charge in [0.2, 0.25) is 5.82 Å². The number of morpholine rings is 1. The molecule has 0 aromatic carbocycles. The number of aromatic nitrogens is 2. The van der Waals surface area contributed by atoms with Gasteiger partial charge in [0, 0.05) is 32.4 Å². The molecule has 3 rings (SSSR count). The second-order valence-corrected chi connectivity index (χ2v) is 4.87. The van der Waals surface area contributed by atoms with Crippen molar-refractivity contribution in [1.82, 2.24) is 14.5 Å². The Morgan fingerprint density at radius 2 is 2.19 bits per heavy atom. The van der Waals surface area contributed by atoms with Crippen LogP contribution in [0, 0.1) is 10.1 Å². The zero-order chi connectivity index (χ0) is 14.7. The Kier molecular flexibility index (Phi) is 3.98. The number of ether oxygens (including phenoxy) is 1. The van der Waals surface area contributed by atoms with Crippen LogP contribution in [0.1, 0.15) is 0 Å². The standard InChI is InChI=1S/C13H17N5O3/c19-18(20)12-11-3-1-2-5-17(11)15-13(12)14-4-6-16-7-9-21-10-8-16/h1-3,5H,4,6-10H2,(H,14,15). The van der Waals surface area contributed by atoms with Gasteiger partial charge in [-0.3, -0.25) is 15.0 Å². The predicted octanol–water partition coefficient (Wildman–Crippen LogP) is 0.987. The van der Waals surface area contributed by atoms with Gasteiger partial charge < -0.3 is 10.1 Å². The van der Waals surface area contributed by atoms with Gasteiger partial charge in [-0.1, -0.05) is 6.07 Å². The van der Waals surface area contributed by atoms with Crippen molar-refractivity contribution in [2.75, 3.05) is 44.7 Å². The highest BCUT2D eigenvalue weighted by atomic mass is 16.6. The van der Waals surface area contributed by atoms with Gasteiger partial charge in [0.1, 0.15) is 5.52 Å². The van der Waals surface area contributed by atoms with E-state index in [1.807, 2.05) is 0 Å². The Balaban J connectivity index is 1.71. The van der Waals surface area contributed by atoms with Crippen molar-refractivity contribution in [3.05, 3.63) is 34.5 Å². The number of nitro groups is 1. The Bertz CT molecular complexity index is 636. The minimum absolute atomic E-state index is 0.0255. The van der Waals surface area contributed by atoms with Crippen molar-refractivity contribution in [2.24, 2.45) is 0 Å². The van der Waals surface area contributed by atoms with E-state index in [9.17, 15) is 10.1 Å². The van der Waals surface area contributed by atoms with Gasteiger partial charge in [-0.05, 0) is 12.1 Å². The fourth-order valence-electron chi connectivity index (χ4n) is 2.44. The van der Waals surface area contributed by atoms with Gasteiger partial charge in [-0.25, -0.2) is 4.52 Å². The summed E-state index contributed by atoms with van der Waals surface area (Å²) in [6, 6.07) is 5.25. The fourth-order valence-corrected chi connectivity index (χ4v) is 2.44. The average molecular weight is 291 g/mol. The maximum absolute atomic E-state index is 11.2. The van der Waals surface area contributed by atoms with Crippen molar-refractivity contribution < 1.29 is 9.66 Å².